The fourth-order valence-corrected chi connectivity index (χ4v) is 7.96. The normalized spacial score (nSPS) is 15.9. The van der Waals surface area contributed by atoms with Gasteiger partial charge in [-0.1, -0.05) is 179 Å². The summed E-state index contributed by atoms with van der Waals surface area (Å²) in [6.45, 7) is 30.9. The van der Waals surface area contributed by atoms with Crippen molar-refractivity contribution in [1.29, 1.82) is 0 Å². The third kappa shape index (κ3) is 6.55. The molecule has 0 aliphatic heterocycles. The largest absolute Gasteiger partial charge is 0.102 e. The number of fused-ring (bicyclic) bond motifs is 2. The molecule has 0 N–H and O–H groups in total. The van der Waals surface area contributed by atoms with Crippen LogP contribution < -0.4 is 0 Å². The highest BCUT2D eigenvalue weighted by molar-refractivity contribution is 5.98. The van der Waals surface area contributed by atoms with Gasteiger partial charge in [0, 0.05) is 11.8 Å². The van der Waals surface area contributed by atoms with E-state index in [1.165, 1.54) is 10.8 Å². The molecule has 6 aromatic rings. The summed E-state index contributed by atoms with van der Waals surface area (Å²) in [5.74, 6) is -0.212. The van der Waals surface area contributed by atoms with Gasteiger partial charge in [-0.05, 0) is 118 Å². The fraction of sp³-hybridized carbons (Fsp3) is 0.0370. The second-order valence-corrected chi connectivity index (χ2v) is 13.6. The topological polar surface area (TPSA) is 0 Å². The first-order valence-electron chi connectivity index (χ1n) is 18.3. The summed E-state index contributed by atoms with van der Waals surface area (Å²) in [7, 11) is 0. The Morgan fingerprint density at radius 1 is 0.481 bits per heavy atom. The highest BCUT2D eigenvalue weighted by Crippen LogP contribution is 2.50. The molecular formula is C54H44. The Kier molecular flexibility index (Phi) is 10.2. The highest BCUT2D eigenvalue weighted by atomic mass is 14.4. The van der Waals surface area contributed by atoms with Crippen molar-refractivity contribution in [1.82, 2.24) is 0 Å². The van der Waals surface area contributed by atoms with Crippen LogP contribution in [-0.2, 0) is 0 Å². The Hall–Kier alpha value is -6.76. The van der Waals surface area contributed by atoms with E-state index in [2.05, 4.69) is 173 Å². The van der Waals surface area contributed by atoms with Crippen LogP contribution in [0.25, 0.3) is 49.9 Å². The van der Waals surface area contributed by atoms with Crippen molar-refractivity contribution >= 4 is 49.9 Å². The molecule has 2 atom stereocenters. The summed E-state index contributed by atoms with van der Waals surface area (Å²) < 4.78 is 0. The van der Waals surface area contributed by atoms with Gasteiger partial charge in [-0.2, -0.15) is 0 Å². The predicted octanol–water partition coefficient (Wildman–Crippen LogP) is 14.5. The Balaban J connectivity index is 1.35. The Morgan fingerprint density at radius 2 is 1.06 bits per heavy atom. The van der Waals surface area contributed by atoms with Gasteiger partial charge in [0.05, 0.1) is 0 Å². The van der Waals surface area contributed by atoms with Crippen LogP contribution in [0, 0.1) is 11.8 Å². The quantitative estimate of drug-likeness (QED) is 0.0680. The van der Waals surface area contributed by atoms with E-state index in [9.17, 15) is 0 Å². The molecule has 1 aliphatic carbocycles. The Bertz CT molecular complexity index is 2610. The van der Waals surface area contributed by atoms with Crippen LogP contribution in [0.3, 0.4) is 0 Å². The van der Waals surface area contributed by atoms with Crippen LogP contribution in [0.2, 0.25) is 0 Å². The van der Waals surface area contributed by atoms with E-state index in [4.69, 9.17) is 6.58 Å². The molecule has 0 fully saturated rings. The average Bonchev–Trinajstić information content (AvgIpc) is 3.23. The van der Waals surface area contributed by atoms with Gasteiger partial charge in [-0.15, -0.1) is 13.2 Å². The van der Waals surface area contributed by atoms with Crippen LogP contribution in [0.15, 0.2) is 227 Å². The lowest BCUT2D eigenvalue weighted by Gasteiger charge is -2.36. The van der Waals surface area contributed by atoms with Gasteiger partial charge >= 0.3 is 0 Å². The molecule has 0 heteroatoms. The SMILES string of the molecule is C=CC1=C(C(=C)c2ccccc2C(=C)c2ccc3ccccc3c2)C(C=C)C(C=C)C(c2ccc3ccc(/C(C=C)=C/c4ccccc4)cc3c2)=C1C=C. The van der Waals surface area contributed by atoms with E-state index in [0.29, 0.717) is 0 Å². The minimum atomic E-state index is -0.119. The van der Waals surface area contributed by atoms with Gasteiger partial charge in [0.15, 0.2) is 0 Å². The molecule has 0 bridgehead atoms. The second kappa shape index (κ2) is 15.5. The lowest BCUT2D eigenvalue weighted by molar-refractivity contribution is 0.658. The molecule has 0 nitrogen and oxygen atoms in total. The molecule has 2 unspecified atom stereocenters. The smallest absolute Gasteiger partial charge is 0.0131 e. The predicted molar refractivity (Wildman–Crippen MR) is 238 cm³/mol. The molecule has 0 heterocycles. The maximum Gasteiger partial charge on any atom is 0.0131 e. The first kappa shape index (κ1) is 35.6. The first-order chi connectivity index (χ1) is 26.4. The van der Waals surface area contributed by atoms with Crippen molar-refractivity contribution in [3.8, 4) is 0 Å². The molecule has 0 radical (unpaired) electrons. The zero-order valence-electron chi connectivity index (χ0n) is 30.8. The summed E-state index contributed by atoms with van der Waals surface area (Å²) in [6, 6.07) is 46.9. The molecule has 0 saturated heterocycles. The van der Waals surface area contributed by atoms with Crippen LogP contribution in [-0.4, -0.2) is 0 Å². The monoisotopic (exact) mass is 692 g/mol. The van der Waals surface area contributed by atoms with Crippen LogP contribution >= 0.6 is 0 Å². The van der Waals surface area contributed by atoms with Crippen molar-refractivity contribution in [2.75, 3.05) is 0 Å². The molecule has 0 spiro atoms. The Labute approximate surface area is 320 Å². The minimum absolute atomic E-state index is 0.0934. The number of hydrogen-bond acceptors (Lipinski definition) is 0. The molecule has 1 aliphatic rings. The maximum atomic E-state index is 4.77. The number of rotatable bonds is 12. The van der Waals surface area contributed by atoms with E-state index in [1.807, 2.05) is 36.4 Å². The number of hydrogen-bond donors (Lipinski definition) is 0. The summed E-state index contributed by atoms with van der Waals surface area (Å²) >= 11 is 0. The zero-order chi connectivity index (χ0) is 37.8. The summed E-state index contributed by atoms with van der Waals surface area (Å²) in [6.07, 6.45) is 12.1. The molecule has 260 valence electrons. The van der Waals surface area contributed by atoms with Gasteiger partial charge < -0.3 is 0 Å². The van der Waals surface area contributed by atoms with Crippen LogP contribution in [0.1, 0.15) is 33.4 Å². The van der Waals surface area contributed by atoms with E-state index < -0.39 is 0 Å². The molecule has 0 amide bonds. The van der Waals surface area contributed by atoms with E-state index in [0.717, 1.165) is 83.2 Å². The first-order valence-corrected chi connectivity index (χ1v) is 18.3. The molecule has 0 aromatic heterocycles. The van der Waals surface area contributed by atoms with Crippen LogP contribution in [0.4, 0.5) is 0 Å². The van der Waals surface area contributed by atoms with E-state index in [1.54, 1.807) is 0 Å². The zero-order valence-corrected chi connectivity index (χ0v) is 30.8. The average molecular weight is 693 g/mol. The third-order valence-electron chi connectivity index (χ3n) is 10.7. The van der Waals surface area contributed by atoms with Crippen molar-refractivity contribution < 1.29 is 0 Å². The summed E-state index contributed by atoms with van der Waals surface area (Å²) in [5, 5.41) is 4.68. The molecule has 54 heavy (non-hydrogen) atoms. The molecule has 6 aromatic carbocycles. The molecule has 0 saturated carbocycles. The Morgan fingerprint density at radius 3 is 1.72 bits per heavy atom. The van der Waals surface area contributed by atoms with Crippen molar-refractivity contribution in [2.45, 2.75) is 0 Å². The van der Waals surface area contributed by atoms with Gasteiger partial charge in [-0.25, -0.2) is 0 Å². The van der Waals surface area contributed by atoms with Gasteiger partial charge in [0.2, 0.25) is 0 Å². The third-order valence-corrected chi connectivity index (χ3v) is 10.7. The van der Waals surface area contributed by atoms with Crippen molar-refractivity contribution in [3.05, 3.63) is 260 Å². The highest BCUT2D eigenvalue weighted by Gasteiger charge is 2.35. The lowest BCUT2D eigenvalue weighted by Crippen LogP contribution is -2.23. The van der Waals surface area contributed by atoms with Gasteiger partial charge in [0.1, 0.15) is 0 Å². The maximum absolute atomic E-state index is 4.77. The number of allylic oxidation sites excluding steroid dienone is 11. The summed E-state index contributed by atoms with van der Waals surface area (Å²) in [4.78, 5) is 0. The van der Waals surface area contributed by atoms with Gasteiger partial charge in [0.25, 0.3) is 0 Å². The van der Waals surface area contributed by atoms with Crippen LogP contribution in [0.5, 0.6) is 0 Å². The van der Waals surface area contributed by atoms with Gasteiger partial charge in [-0.3, -0.25) is 0 Å². The summed E-state index contributed by atoms with van der Waals surface area (Å²) in [5.41, 5.74) is 13.6. The fourth-order valence-electron chi connectivity index (χ4n) is 7.96. The van der Waals surface area contributed by atoms with Crippen molar-refractivity contribution in [2.24, 2.45) is 11.8 Å². The number of benzene rings is 6. The van der Waals surface area contributed by atoms with E-state index in [-0.39, 0.29) is 11.8 Å². The van der Waals surface area contributed by atoms with E-state index >= 15 is 0 Å². The standard InChI is InChI=1S/C54H44/c1-8-39(32-38-20-14-13-15-21-38)44-30-27-41-28-31-45(35-46(41)34-44)54-49(11-4)47(9-2)53(48(10-3)50(54)12-5)37(7)52-25-19-18-24-51(52)36(6)42-29-26-40-22-16-17-23-43(40)33-42/h8-35,47,49H,1-7H2/b39-32+. The second-order valence-electron chi connectivity index (χ2n) is 13.6. The minimum Gasteiger partial charge on any atom is -0.102 e. The van der Waals surface area contributed by atoms with Crippen molar-refractivity contribution in [3.63, 3.8) is 0 Å². The lowest BCUT2D eigenvalue weighted by atomic mass is 9.66. The molecule has 7 rings (SSSR count). The molecular weight excluding hydrogens is 649 g/mol.